The molecular formula is C14H20N4O2S. The second kappa shape index (κ2) is 6.43. The maximum Gasteiger partial charge on any atom is 0.242 e. The number of nitrogens with two attached hydrogens (primary N) is 1. The molecule has 0 saturated carbocycles. The molecule has 0 aromatic heterocycles. The van der Waals surface area contributed by atoms with Crippen LogP contribution in [0, 0.1) is 11.3 Å². The molecule has 1 saturated heterocycles. The van der Waals surface area contributed by atoms with Crippen LogP contribution in [0.2, 0.25) is 0 Å². The quantitative estimate of drug-likeness (QED) is 0.787. The summed E-state index contributed by atoms with van der Waals surface area (Å²) in [5, 5.41) is 8.78. The third kappa shape index (κ3) is 3.73. The molecule has 2 rings (SSSR count). The molecule has 1 aliphatic heterocycles. The van der Waals surface area contributed by atoms with Crippen LogP contribution in [0.1, 0.15) is 25.3 Å². The van der Waals surface area contributed by atoms with Gasteiger partial charge >= 0.3 is 0 Å². The minimum absolute atomic E-state index is 0.0233. The van der Waals surface area contributed by atoms with Crippen molar-refractivity contribution in [2.24, 2.45) is 0 Å². The monoisotopic (exact) mass is 308 g/mol. The van der Waals surface area contributed by atoms with Gasteiger partial charge in [0, 0.05) is 12.6 Å². The Kier molecular flexibility index (Phi) is 4.83. The van der Waals surface area contributed by atoms with Crippen LogP contribution in [0.3, 0.4) is 0 Å². The summed E-state index contributed by atoms with van der Waals surface area (Å²) < 4.78 is 27.2. The van der Waals surface area contributed by atoms with Gasteiger partial charge in [-0.1, -0.05) is 0 Å². The minimum atomic E-state index is -3.65. The lowest BCUT2D eigenvalue weighted by molar-refractivity contribution is 0.260. The van der Waals surface area contributed by atoms with Crippen molar-refractivity contribution in [3.63, 3.8) is 0 Å². The van der Waals surface area contributed by atoms with Crippen LogP contribution in [-0.4, -0.2) is 39.0 Å². The zero-order valence-electron chi connectivity index (χ0n) is 12.0. The SMILES string of the molecule is CC(CNS(=O)(=O)c1ccc(C#N)cc1N)N1CCCC1. The Labute approximate surface area is 125 Å². The van der Waals surface area contributed by atoms with E-state index in [0.29, 0.717) is 12.1 Å². The molecule has 1 aliphatic rings. The van der Waals surface area contributed by atoms with Crippen molar-refractivity contribution < 1.29 is 8.42 Å². The minimum Gasteiger partial charge on any atom is -0.398 e. The Morgan fingerprint density at radius 3 is 2.67 bits per heavy atom. The van der Waals surface area contributed by atoms with Gasteiger partial charge in [0.25, 0.3) is 0 Å². The Morgan fingerprint density at radius 2 is 2.10 bits per heavy atom. The van der Waals surface area contributed by atoms with Gasteiger partial charge in [-0.25, -0.2) is 13.1 Å². The number of nitrogens with zero attached hydrogens (tertiary/aromatic N) is 2. The molecule has 114 valence electrons. The van der Waals surface area contributed by atoms with Crippen LogP contribution in [0.15, 0.2) is 23.1 Å². The molecule has 1 unspecified atom stereocenters. The summed E-state index contributed by atoms with van der Waals surface area (Å²) in [4.78, 5) is 2.29. The van der Waals surface area contributed by atoms with E-state index < -0.39 is 10.0 Å². The summed E-state index contributed by atoms with van der Waals surface area (Å²) in [6, 6.07) is 6.28. The topological polar surface area (TPSA) is 99.2 Å². The van der Waals surface area contributed by atoms with Gasteiger partial charge in [0.15, 0.2) is 0 Å². The van der Waals surface area contributed by atoms with Crippen LogP contribution in [0.5, 0.6) is 0 Å². The summed E-state index contributed by atoms with van der Waals surface area (Å²) in [5.41, 5.74) is 6.17. The zero-order chi connectivity index (χ0) is 15.5. The molecule has 1 heterocycles. The van der Waals surface area contributed by atoms with Gasteiger partial charge < -0.3 is 5.73 Å². The third-order valence-corrected chi connectivity index (χ3v) is 5.26. The van der Waals surface area contributed by atoms with Crippen molar-refractivity contribution in [3.05, 3.63) is 23.8 Å². The standard InChI is InChI=1S/C14H20N4O2S/c1-11(18-6-2-3-7-18)10-17-21(19,20)14-5-4-12(9-15)8-13(14)16/h4-5,8,11,17H,2-3,6-7,10,16H2,1H3. The summed E-state index contributed by atoms with van der Waals surface area (Å²) in [5.74, 6) is 0. The number of benzene rings is 1. The first kappa shape index (κ1) is 15.8. The number of nitriles is 1. The van der Waals surface area contributed by atoms with E-state index >= 15 is 0 Å². The third-order valence-electron chi connectivity index (χ3n) is 3.76. The molecule has 1 aromatic rings. The predicted molar refractivity (Wildman–Crippen MR) is 81.0 cm³/mol. The Hall–Kier alpha value is -1.62. The van der Waals surface area contributed by atoms with E-state index in [2.05, 4.69) is 9.62 Å². The molecular weight excluding hydrogens is 288 g/mol. The lowest BCUT2D eigenvalue weighted by atomic mass is 10.2. The molecule has 0 aliphatic carbocycles. The van der Waals surface area contributed by atoms with Gasteiger partial charge in [-0.2, -0.15) is 5.26 Å². The smallest absolute Gasteiger partial charge is 0.242 e. The zero-order valence-corrected chi connectivity index (χ0v) is 12.9. The van der Waals surface area contributed by atoms with Gasteiger partial charge in [-0.05, 0) is 51.1 Å². The van der Waals surface area contributed by atoms with Crippen LogP contribution in [0.25, 0.3) is 0 Å². The first-order valence-electron chi connectivity index (χ1n) is 6.97. The van der Waals surface area contributed by atoms with Gasteiger partial charge in [0.05, 0.1) is 17.3 Å². The molecule has 0 spiro atoms. The molecule has 0 bridgehead atoms. The van der Waals surface area contributed by atoms with Crippen molar-refractivity contribution in [3.8, 4) is 6.07 Å². The van der Waals surface area contributed by atoms with Crippen LogP contribution >= 0.6 is 0 Å². The number of nitrogen functional groups attached to an aromatic ring is 1. The fourth-order valence-electron chi connectivity index (χ4n) is 2.48. The molecule has 1 aromatic carbocycles. The maximum atomic E-state index is 12.3. The first-order chi connectivity index (χ1) is 9.94. The van der Waals surface area contributed by atoms with Crippen molar-refractivity contribution in [2.45, 2.75) is 30.7 Å². The number of nitrogens with one attached hydrogen (secondary N) is 1. The number of hydrogen-bond acceptors (Lipinski definition) is 5. The van der Waals surface area contributed by atoms with Crippen LogP contribution < -0.4 is 10.5 Å². The van der Waals surface area contributed by atoms with Crippen molar-refractivity contribution in [1.29, 1.82) is 5.26 Å². The van der Waals surface area contributed by atoms with Crippen LogP contribution in [-0.2, 0) is 10.0 Å². The summed E-state index contributed by atoms with van der Waals surface area (Å²) in [7, 11) is -3.65. The van der Waals surface area contributed by atoms with E-state index in [1.54, 1.807) is 0 Å². The second-order valence-corrected chi connectivity index (χ2v) is 7.04. The highest BCUT2D eigenvalue weighted by Crippen LogP contribution is 2.19. The van der Waals surface area contributed by atoms with Gasteiger partial charge in [-0.3, -0.25) is 4.90 Å². The average molecular weight is 308 g/mol. The summed E-state index contributed by atoms with van der Waals surface area (Å²) in [6.45, 7) is 4.39. The molecule has 1 atom stereocenters. The maximum absolute atomic E-state index is 12.3. The summed E-state index contributed by atoms with van der Waals surface area (Å²) >= 11 is 0. The number of anilines is 1. The Bertz CT molecular complexity index is 645. The molecule has 0 amide bonds. The van der Waals surface area contributed by atoms with Crippen molar-refractivity contribution in [2.75, 3.05) is 25.4 Å². The fourth-order valence-corrected chi connectivity index (χ4v) is 3.71. The number of sulfonamides is 1. The van der Waals surface area contributed by atoms with Gasteiger partial charge in [0.2, 0.25) is 10.0 Å². The van der Waals surface area contributed by atoms with E-state index in [1.807, 2.05) is 13.0 Å². The molecule has 21 heavy (non-hydrogen) atoms. The van der Waals surface area contributed by atoms with Crippen molar-refractivity contribution in [1.82, 2.24) is 9.62 Å². The highest BCUT2D eigenvalue weighted by Gasteiger charge is 2.22. The Morgan fingerprint density at radius 1 is 1.43 bits per heavy atom. The number of rotatable bonds is 5. The van der Waals surface area contributed by atoms with E-state index in [0.717, 1.165) is 13.1 Å². The van der Waals surface area contributed by atoms with E-state index in [4.69, 9.17) is 11.0 Å². The largest absolute Gasteiger partial charge is 0.398 e. The molecule has 1 fully saturated rings. The lowest BCUT2D eigenvalue weighted by Gasteiger charge is -2.23. The summed E-state index contributed by atoms with van der Waals surface area (Å²) in [6.07, 6.45) is 2.33. The normalized spacial score (nSPS) is 17.5. The molecule has 7 heteroatoms. The van der Waals surface area contributed by atoms with Crippen LogP contribution in [0.4, 0.5) is 5.69 Å². The number of hydrogen-bond donors (Lipinski definition) is 2. The predicted octanol–water partition coefficient (Wildman–Crippen LogP) is 0.903. The molecule has 3 N–H and O–H groups in total. The first-order valence-corrected chi connectivity index (χ1v) is 8.45. The lowest BCUT2D eigenvalue weighted by Crippen LogP contribution is -2.40. The molecule has 0 radical (unpaired) electrons. The van der Waals surface area contributed by atoms with E-state index in [-0.39, 0.29) is 16.6 Å². The van der Waals surface area contributed by atoms with E-state index in [9.17, 15) is 8.42 Å². The number of likely N-dealkylation sites (tertiary alicyclic amines) is 1. The van der Waals surface area contributed by atoms with Crippen molar-refractivity contribution >= 4 is 15.7 Å². The fraction of sp³-hybridized carbons (Fsp3) is 0.500. The van der Waals surface area contributed by atoms with E-state index in [1.165, 1.54) is 31.0 Å². The van der Waals surface area contributed by atoms with Gasteiger partial charge in [0.1, 0.15) is 4.90 Å². The Balaban J connectivity index is 2.06. The molecule has 6 nitrogen and oxygen atoms in total. The highest BCUT2D eigenvalue weighted by molar-refractivity contribution is 7.89. The second-order valence-electron chi connectivity index (χ2n) is 5.31. The average Bonchev–Trinajstić information content (AvgIpc) is 2.98. The highest BCUT2D eigenvalue weighted by atomic mass is 32.2. The van der Waals surface area contributed by atoms with Gasteiger partial charge in [-0.15, -0.1) is 0 Å².